The summed E-state index contributed by atoms with van der Waals surface area (Å²) in [5.74, 6) is -0.888. The predicted octanol–water partition coefficient (Wildman–Crippen LogP) is 3.80. The molecule has 35 heavy (non-hydrogen) atoms. The van der Waals surface area contributed by atoms with Crippen LogP contribution in [-0.2, 0) is 4.74 Å². The second-order valence-electron chi connectivity index (χ2n) is 8.90. The first kappa shape index (κ1) is 20.5. The van der Waals surface area contributed by atoms with Crippen LogP contribution in [0.3, 0.4) is 0 Å². The lowest BCUT2D eigenvalue weighted by molar-refractivity contribution is -0.0196. The first-order valence-corrected chi connectivity index (χ1v) is 12.4. The number of morpholine rings is 1. The van der Waals surface area contributed by atoms with Gasteiger partial charge in [0.15, 0.2) is 11.4 Å². The van der Waals surface area contributed by atoms with Crippen molar-refractivity contribution in [2.24, 2.45) is 0 Å². The van der Waals surface area contributed by atoms with Crippen LogP contribution < -0.4 is 10.4 Å². The van der Waals surface area contributed by atoms with Gasteiger partial charge in [-0.2, -0.15) is 0 Å². The molecule has 0 radical (unpaired) electrons. The fourth-order valence-corrected chi connectivity index (χ4v) is 6.59. The van der Waals surface area contributed by atoms with Gasteiger partial charge in [0.05, 0.1) is 19.3 Å². The maximum atomic E-state index is 13.5. The van der Waals surface area contributed by atoms with E-state index in [4.69, 9.17) is 4.74 Å². The molecule has 1 N–H and O–H groups in total. The Kier molecular flexibility index (Phi) is 4.43. The van der Waals surface area contributed by atoms with Crippen molar-refractivity contribution >= 4 is 17.2 Å². The molecule has 3 aliphatic rings. The van der Waals surface area contributed by atoms with Gasteiger partial charge in [0.25, 0.3) is 5.91 Å². The van der Waals surface area contributed by atoms with Crippen molar-refractivity contribution in [2.45, 2.75) is 12.2 Å². The van der Waals surface area contributed by atoms with Crippen molar-refractivity contribution < 1.29 is 14.6 Å². The molecule has 1 fully saturated rings. The van der Waals surface area contributed by atoms with Gasteiger partial charge in [0.1, 0.15) is 6.17 Å². The highest BCUT2D eigenvalue weighted by Gasteiger charge is 2.46. The summed E-state index contributed by atoms with van der Waals surface area (Å²) < 4.78 is 7.52. The lowest BCUT2D eigenvalue weighted by atomic mass is 9.92. The molecule has 0 bridgehead atoms. The van der Waals surface area contributed by atoms with Gasteiger partial charge >= 0.3 is 0 Å². The van der Waals surface area contributed by atoms with Crippen LogP contribution in [0.15, 0.2) is 77.0 Å². The average molecular weight is 484 g/mol. The second kappa shape index (κ2) is 7.56. The molecule has 2 atom stereocenters. The number of carbonyl (C=O) groups excluding carboxylic acids is 1. The monoisotopic (exact) mass is 483 g/mol. The van der Waals surface area contributed by atoms with Crippen molar-refractivity contribution in [2.75, 3.05) is 24.8 Å². The molecule has 1 aliphatic carbocycles. The molecule has 8 heteroatoms. The molecule has 7 nitrogen and oxygen atoms in total. The van der Waals surface area contributed by atoms with E-state index in [1.807, 2.05) is 24.3 Å². The van der Waals surface area contributed by atoms with Crippen LogP contribution in [0.2, 0.25) is 0 Å². The Bertz CT molecular complexity index is 1500. The highest BCUT2D eigenvalue weighted by atomic mass is 32.1. The number of carbonyl (C=O) groups is 1. The van der Waals surface area contributed by atoms with Gasteiger partial charge in [-0.25, -0.2) is 0 Å². The van der Waals surface area contributed by atoms with Crippen LogP contribution in [0.5, 0.6) is 5.75 Å². The van der Waals surface area contributed by atoms with E-state index in [0.717, 1.165) is 22.3 Å². The Morgan fingerprint density at radius 3 is 2.49 bits per heavy atom. The van der Waals surface area contributed by atoms with E-state index in [-0.39, 0.29) is 17.6 Å². The highest BCUT2D eigenvalue weighted by molar-refractivity contribution is 7.14. The van der Waals surface area contributed by atoms with Gasteiger partial charge in [-0.1, -0.05) is 48.5 Å². The first-order chi connectivity index (χ1) is 17.1. The van der Waals surface area contributed by atoms with Gasteiger partial charge in [-0.05, 0) is 33.7 Å². The van der Waals surface area contributed by atoms with Crippen molar-refractivity contribution in [3.05, 3.63) is 99.3 Å². The van der Waals surface area contributed by atoms with E-state index >= 15 is 0 Å². The van der Waals surface area contributed by atoms with Crippen LogP contribution in [0.1, 0.15) is 27.7 Å². The molecule has 0 saturated carbocycles. The number of aromatic nitrogens is 1. The van der Waals surface area contributed by atoms with Crippen LogP contribution in [0.4, 0.5) is 0 Å². The lowest BCUT2D eigenvalue weighted by Crippen LogP contribution is -2.66. The van der Waals surface area contributed by atoms with Crippen molar-refractivity contribution in [3.8, 4) is 27.3 Å². The molecule has 4 aromatic rings. The summed E-state index contributed by atoms with van der Waals surface area (Å²) in [6.45, 7) is 1.11. The number of benzene rings is 2. The molecule has 4 heterocycles. The molecule has 0 spiro atoms. The maximum absolute atomic E-state index is 13.5. The Labute approximate surface area is 205 Å². The second-order valence-corrected chi connectivity index (χ2v) is 9.81. The average Bonchev–Trinajstić information content (AvgIpc) is 3.34. The topological polar surface area (TPSA) is 75.0 Å². The Balaban J connectivity index is 1.57. The molecule has 2 aromatic carbocycles. The summed E-state index contributed by atoms with van der Waals surface area (Å²) >= 11 is 1.71. The molecule has 1 amide bonds. The standard InChI is InChI=1S/C27H21N3O4S/c31-21-9-11-29-24(25(21)32)27(33)28-12-13-34-15-22(28)30(29)23-17-6-2-1-5-16(17)20-10-14-35-26(20)19-8-4-3-7-18(19)23/h1-11,14,22-23,32H,12-13,15H2/t22?,23-/m0/s1. The van der Waals surface area contributed by atoms with Crippen LogP contribution in [0, 0.1) is 0 Å². The smallest absolute Gasteiger partial charge is 0.278 e. The molecular weight excluding hydrogens is 462 g/mol. The number of thiophene rings is 1. The SMILES string of the molecule is O=C1c2c(O)c(=O)ccn2N([C@H]2c3ccccc3-c3ccsc3-c3ccccc32)C2COCCN12. The fraction of sp³-hybridized carbons (Fsp3) is 0.185. The number of hydrogen-bond acceptors (Lipinski definition) is 6. The Hall–Kier alpha value is -3.88. The summed E-state index contributed by atoms with van der Waals surface area (Å²) in [5, 5.41) is 14.9. The maximum Gasteiger partial charge on any atom is 0.278 e. The highest BCUT2D eigenvalue weighted by Crippen LogP contribution is 2.49. The minimum absolute atomic E-state index is 0.00960. The predicted molar refractivity (Wildman–Crippen MR) is 133 cm³/mol. The third-order valence-electron chi connectivity index (χ3n) is 7.15. The zero-order valence-corrected chi connectivity index (χ0v) is 19.4. The Morgan fingerprint density at radius 1 is 0.914 bits per heavy atom. The van der Waals surface area contributed by atoms with Gasteiger partial charge in [-0.15, -0.1) is 11.3 Å². The number of ether oxygens (including phenoxy) is 1. The van der Waals surface area contributed by atoms with E-state index < -0.39 is 17.3 Å². The zero-order valence-electron chi connectivity index (χ0n) is 18.6. The summed E-state index contributed by atoms with van der Waals surface area (Å²) in [6, 6.07) is 19.8. The van der Waals surface area contributed by atoms with E-state index in [0.29, 0.717) is 19.8 Å². The van der Waals surface area contributed by atoms with Gasteiger partial charge < -0.3 is 14.7 Å². The number of rotatable bonds is 1. The summed E-state index contributed by atoms with van der Waals surface area (Å²) in [6.07, 6.45) is 1.18. The van der Waals surface area contributed by atoms with Gasteiger partial charge in [-0.3, -0.25) is 19.3 Å². The van der Waals surface area contributed by atoms with Crippen molar-refractivity contribution in [1.82, 2.24) is 9.58 Å². The third kappa shape index (κ3) is 2.81. The van der Waals surface area contributed by atoms with E-state index in [9.17, 15) is 14.7 Å². The van der Waals surface area contributed by atoms with Crippen molar-refractivity contribution in [1.29, 1.82) is 0 Å². The minimum Gasteiger partial charge on any atom is -0.502 e. The Morgan fingerprint density at radius 2 is 1.66 bits per heavy atom. The number of pyridine rings is 1. The molecular formula is C27H21N3O4S. The quantitative estimate of drug-likeness (QED) is 0.446. The number of hydrogen-bond donors (Lipinski definition) is 1. The number of aromatic hydroxyl groups is 1. The molecule has 2 aromatic heterocycles. The molecule has 2 aliphatic heterocycles. The van der Waals surface area contributed by atoms with E-state index in [1.165, 1.54) is 16.5 Å². The minimum atomic E-state index is -0.569. The lowest BCUT2D eigenvalue weighted by Gasteiger charge is -2.51. The van der Waals surface area contributed by atoms with Gasteiger partial charge in [0, 0.05) is 29.2 Å². The normalized spacial score (nSPS) is 20.3. The largest absolute Gasteiger partial charge is 0.502 e. The number of amides is 1. The number of nitrogens with zero attached hydrogens (tertiary/aromatic N) is 3. The number of fused-ring (bicyclic) bond motifs is 7. The fourth-order valence-electron chi connectivity index (χ4n) is 5.64. The summed E-state index contributed by atoms with van der Waals surface area (Å²) in [4.78, 5) is 28.8. The molecule has 7 rings (SSSR count). The van der Waals surface area contributed by atoms with Crippen molar-refractivity contribution in [3.63, 3.8) is 0 Å². The van der Waals surface area contributed by atoms with Gasteiger partial charge in [0.2, 0.25) is 5.43 Å². The van der Waals surface area contributed by atoms with Crippen LogP contribution in [-0.4, -0.2) is 46.5 Å². The van der Waals surface area contributed by atoms with E-state index in [2.05, 4.69) is 40.7 Å². The van der Waals surface area contributed by atoms with E-state index in [1.54, 1.807) is 27.1 Å². The summed E-state index contributed by atoms with van der Waals surface area (Å²) in [7, 11) is 0. The van der Waals surface area contributed by atoms with Crippen LogP contribution in [0.25, 0.3) is 21.6 Å². The molecule has 1 saturated heterocycles. The third-order valence-corrected chi connectivity index (χ3v) is 8.10. The molecule has 1 unspecified atom stereocenters. The van der Waals surface area contributed by atoms with Crippen LogP contribution >= 0.6 is 11.3 Å². The summed E-state index contributed by atoms with van der Waals surface area (Å²) in [5.41, 5.74) is 5.02. The zero-order chi connectivity index (χ0) is 23.7. The molecule has 174 valence electrons. The first-order valence-electron chi connectivity index (χ1n) is 11.5.